The third kappa shape index (κ3) is 5.46. The van der Waals surface area contributed by atoms with E-state index in [1.807, 2.05) is 19.2 Å². The van der Waals surface area contributed by atoms with Crippen LogP contribution in [0.5, 0.6) is 11.6 Å². The minimum atomic E-state index is -0.187. The molecule has 1 spiro atoms. The molecule has 0 radical (unpaired) electrons. The number of piperidine rings is 1. The van der Waals surface area contributed by atoms with Gasteiger partial charge in [-0.3, -0.25) is 9.69 Å². The molecule has 1 saturated heterocycles. The van der Waals surface area contributed by atoms with E-state index in [0.717, 1.165) is 36.3 Å². The van der Waals surface area contributed by atoms with Crippen molar-refractivity contribution in [2.45, 2.75) is 76.5 Å². The summed E-state index contributed by atoms with van der Waals surface area (Å²) in [6, 6.07) is 17.3. The molecule has 3 aromatic rings. The lowest BCUT2D eigenvalue weighted by Crippen LogP contribution is -2.41. The molecule has 2 fully saturated rings. The number of carbonyl (C=O) groups is 1. The summed E-state index contributed by atoms with van der Waals surface area (Å²) < 4.78 is 17.1. The van der Waals surface area contributed by atoms with Crippen LogP contribution >= 0.6 is 0 Å². The molecular formula is C34H40N2O4. The van der Waals surface area contributed by atoms with E-state index in [-0.39, 0.29) is 18.0 Å². The van der Waals surface area contributed by atoms with E-state index in [0.29, 0.717) is 17.8 Å². The number of rotatable bonds is 8. The van der Waals surface area contributed by atoms with Crippen LogP contribution in [0.2, 0.25) is 0 Å². The molecular weight excluding hydrogens is 500 g/mol. The van der Waals surface area contributed by atoms with Crippen LogP contribution in [0.1, 0.15) is 73.8 Å². The van der Waals surface area contributed by atoms with Crippen LogP contribution in [0.25, 0.3) is 11.1 Å². The normalized spacial score (nSPS) is 20.3. The van der Waals surface area contributed by atoms with Gasteiger partial charge in [-0.2, -0.15) is 0 Å². The number of ether oxygens (including phenoxy) is 3. The highest BCUT2D eigenvalue weighted by atomic mass is 16.5. The van der Waals surface area contributed by atoms with Crippen molar-refractivity contribution >= 4 is 5.97 Å². The van der Waals surface area contributed by atoms with Crippen LogP contribution in [0.4, 0.5) is 0 Å². The van der Waals surface area contributed by atoms with Gasteiger partial charge < -0.3 is 14.2 Å². The molecule has 0 amide bonds. The predicted octanol–water partition coefficient (Wildman–Crippen LogP) is 6.69. The van der Waals surface area contributed by atoms with Crippen molar-refractivity contribution in [3.63, 3.8) is 0 Å². The van der Waals surface area contributed by atoms with Crippen molar-refractivity contribution in [1.29, 1.82) is 0 Å². The van der Waals surface area contributed by atoms with Gasteiger partial charge in [-0.25, -0.2) is 4.98 Å². The van der Waals surface area contributed by atoms with Gasteiger partial charge in [0.05, 0.1) is 20.1 Å². The van der Waals surface area contributed by atoms with E-state index in [1.165, 1.54) is 68.0 Å². The zero-order chi connectivity index (χ0) is 27.7. The summed E-state index contributed by atoms with van der Waals surface area (Å²) >= 11 is 0. The van der Waals surface area contributed by atoms with Crippen LogP contribution in [0, 0.1) is 5.92 Å². The first-order valence-corrected chi connectivity index (χ1v) is 14.7. The van der Waals surface area contributed by atoms with Gasteiger partial charge in [-0.15, -0.1) is 0 Å². The summed E-state index contributed by atoms with van der Waals surface area (Å²) in [4.78, 5) is 19.0. The van der Waals surface area contributed by atoms with E-state index in [2.05, 4.69) is 52.3 Å². The molecule has 3 heterocycles. The van der Waals surface area contributed by atoms with Crippen LogP contribution in [0.15, 0.2) is 54.7 Å². The van der Waals surface area contributed by atoms with Crippen LogP contribution in [-0.2, 0) is 28.9 Å². The molecule has 40 heavy (non-hydrogen) atoms. The van der Waals surface area contributed by atoms with E-state index >= 15 is 0 Å². The van der Waals surface area contributed by atoms with E-state index < -0.39 is 0 Å². The number of nitrogens with zero attached hydrogens (tertiary/aromatic N) is 2. The number of esters is 1. The zero-order valence-electron chi connectivity index (χ0n) is 23.9. The maximum absolute atomic E-state index is 12.0. The van der Waals surface area contributed by atoms with Crippen molar-refractivity contribution in [3.05, 3.63) is 77.0 Å². The van der Waals surface area contributed by atoms with E-state index in [1.54, 1.807) is 7.11 Å². The largest absolute Gasteiger partial charge is 0.485 e. The summed E-state index contributed by atoms with van der Waals surface area (Å²) in [5.74, 6) is 1.20. The molecule has 3 aliphatic rings. The average Bonchev–Trinajstić information content (AvgIpc) is 3.77. The van der Waals surface area contributed by atoms with E-state index in [9.17, 15) is 4.79 Å². The number of benzene rings is 2. The molecule has 6 rings (SSSR count). The number of carbonyl (C=O) groups excluding carboxylic acids is 1. The fourth-order valence-electron chi connectivity index (χ4n) is 6.65. The van der Waals surface area contributed by atoms with Crippen molar-refractivity contribution < 1.29 is 19.0 Å². The molecule has 1 aliphatic carbocycles. The van der Waals surface area contributed by atoms with Crippen molar-refractivity contribution in [2.75, 3.05) is 20.8 Å². The molecule has 0 bridgehead atoms. The minimum absolute atomic E-state index is 0.00301. The first-order valence-electron chi connectivity index (χ1n) is 14.7. The Morgan fingerprint density at radius 2 is 1.93 bits per heavy atom. The SMILES string of the molecule is COC(=O)[C@@H](C)Cc1ccc2c(c1)OC(c1ccc(-c3ccnc(OC)c3)cc1CN1CCCCC13CC3)CC2. The van der Waals surface area contributed by atoms with E-state index in [4.69, 9.17) is 14.2 Å². The second-order valence-electron chi connectivity index (χ2n) is 11.8. The maximum Gasteiger partial charge on any atom is 0.308 e. The monoisotopic (exact) mass is 540 g/mol. The fourth-order valence-corrected chi connectivity index (χ4v) is 6.65. The molecule has 6 heteroatoms. The molecule has 0 N–H and O–H groups in total. The number of methoxy groups -OCH3 is 2. The van der Waals surface area contributed by atoms with Crippen LogP contribution < -0.4 is 9.47 Å². The Labute approximate surface area is 237 Å². The number of pyridine rings is 1. The minimum Gasteiger partial charge on any atom is -0.485 e. The summed E-state index contributed by atoms with van der Waals surface area (Å²) in [5.41, 5.74) is 7.67. The van der Waals surface area contributed by atoms with Gasteiger partial charge in [0.2, 0.25) is 5.88 Å². The summed E-state index contributed by atoms with van der Waals surface area (Å²) in [7, 11) is 3.11. The van der Waals surface area contributed by atoms with Gasteiger partial charge in [0.25, 0.3) is 0 Å². The Morgan fingerprint density at radius 1 is 1.07 bits per heavy atom. The molecule has 210 valence electrons. The first-order chi connectivity index (χ1) is 19.5. The Kier molecular flexibility index (Phi) is 7.54. The Hall–Kier alpha value is -3.38. The van der Waals surface area contributed by atoms with Crippen LogP contribution in [0.3, 0.4) is 0 Å². The van der Waals surface area contributed by atoms with Gasteiger partial charge in [-0.1, -0.05) is 37.6 Å². The Balaban J connectivity index is 1.30. The number of aryl methyl sites for hydroxylation is 1. The Morgan fingerprint density at radius 3 is 2.73 bits per heavy atom. The Bertz CT molecular complexity index is 1380. The second kappa shape index (κ2) is 11.2. The summed E-state index contributed by atoms with van der Waals surface area (Å²) in [6.45, 7) is 4.03. The lowest BCUT2D eigenvalue weighted by Gasteiger charge is -2.37. The quantitative estimate of drug-likeness (QED) is 0.297. The first kappa shape index (κ1) is 26.8. The maximum atomic E-state index is 12.0. The zero-order valence-corrected chi connectivity index (χ0v) is 23.9. The van der Waals surface area contributed by atoms with Crippen molar-refractivity contribution in [2.24, 2.45) is 5.92 Å². The molecule has 1 aromatic heterocycles. The van der Waals surface area contributed by atoms with Crippen molar-refractivity contribution in [1.82, 2.24) is 9.88 Å². The van der Waals surface area contributed by atoms with Crippen LogP contribution in [-0.4, -0.2) is 42.2 Å². The van der Waals surface area contributed by atoms with Gasteiger partial charge in [0.1, 0.15) is 11.9 Å². The number of hydrogen-bond donors (Lipinski definition) is 0. The summed E-state index contributed by atoms with van der Waals surface area (Å²) in [6.07, 6.45) is 11.0. The second-order valence-corrected chi connectivity index (χ2v) is 11.8. The third-order valence-corrected chi connectivity index (χ3v) is 9.17. The molecule has 1 unspecified atom stereocenters. The smallest absolute Gasteiger partial charge is 0.308 e. The lowest BCUT2D eigenvalue weighted by atomic mass is 9.90. The highest BCUT2D eigenvalue weighted by Crippen LogP contribution is 2.49. The lowest BCUT2D eigenvalue weighted by molar-refractivity contribution is -0.144. The molecule has 2 aromatic carbocycles. The molecule has 2 aliphatic heterocycles. The number of likely N-dealkylation sites (tertiary alicyclic amines) is 1. The molecule has 2 atom stereocenters. The van der Waals surface area contributed by atoms with Crippen molar-refractivity contribution in [3.8, 4) is 22.8 Å². The van der Waals surface area contributed by atoms with Gasteiger partial charge in [0.15, 0.2) is 0 Å². The van der Waals surface area contributed by atoms with Gasteiger partial charge >= 0.3 is 5.97 Å². The highest BCUT2D eigenvalue weighted by molar-refractivity contribution is 5.72. The average molecular weight is 541 g/mol. The highest BCUT2D eigenvalue weighted by Gasteiger charge is 2.48. The number of aromatic nitrogens is 1. The topological polar surface area (TPSA) is 60.9 Å². The van der Waals surface area contributed by atoms with Gasteiger partial charge in [0, 0.05) is 24.3 Å². The molecule has 1 saturated carbocycles. The van der Waals surface area contributed by atoms with Gasteiger partial charge in [-0.05, 0) is 103 Å². The number of fused-ring (bicyclic) bond motifs is 1. The fraction of sp³-hybridized carbons (Fsp3) is 0.471. The molecule has 6 nitrogen and oxygen atoms in total. The summed E-state index contributed by atoms with van der Waals surface area (Å²) in [5, 5.41) is 0. The number of hydrogen-bond acceptors (Lipinski definition) is 6. The predicted molar refractivity (Wildman–Crippen MR) is 155 cm³/mol. The standard InChI is InChI=1S/C34H40N2O4/c1-23(33(37)39-3)18-24-6-7-25-9-11-30(40-31(25)19-24)29-10-8-26(27-12-16-35-32(21-27)38-2)20-28(29)22-36-17-5-4-13-34(36)14-15-34/h6-8,10,12,16,19-21,23,30H,4-5,9,11,13-15,17-18,22H2,1-3H3/t23-,30?/m0/s1. The third-order valence-electron chi connectivity index (χ3n) is 9.17.